The van der Waals surface area contributed by atoms with Gasteiger partial charge in [-0.05, 0) is 13.0 Å². The number of nitrogens with one attached hydrogen (secondary N) is 2. The van der Waals surface area contributed by atoms with Gasteiger partial charge >= 0.3 is 0 Å². The van der Waals surface area contributed by atoms with Gasteiger partial charge in [0, 0.05) is 38.4 Å². The van der Waals surface area contributed by atoms with Gasteiger partial charge in [-0.15, -0.1) is 12.4 Å². The molecule has 0 aliphatic rings. The Balaban J connectivity index is 0.00000576. The topological polar surface area (TPSA) is 154 Å². The van der Waals surface area contributed by atoms with Crippen LogP contribution in [0.3, 0.4) is 0 Å². The monoisotopic (exact) mass is 396 g/mol. The Morgan fingerprint density at radius 1 is 1.32 bits per heavy atom. The first kappa shape index (κ1) is 23.2. The van der Waals surface area contributed by atoms with Crippen molar-refractivity contribution in [3.8, 4) is 0 Å². The van der Waals surface area contributed by atoms with E-state index in [4.69, 9.17) is 9.88 Å². The molecule has 0 fully saturated rings. The molecular formula is C13H21ClN4O6S. The number of nitro groups is 1. The second-order valence-electron chi connectivity index (χ2n) is 4.92. The van der Waals surface area contributed by atoms with E-state index in [1.54, 1.807) is 7.11 Å². The summed E-state index contributed by atoms with van der Waals surface area (Å²) in [6, 6.07) is 1.87. The normalized spacial score (nSPS) is 10.8. The average molecular weight is 397 g/mol. The summed E-state index contributed by atoms with van der Waals surface area (Å²) in [5.41, 5.74) is -0.521. The molecule has 1 aromatic rings. The second kappa shape index (κ2) is 10.3. The van der Waals surface area contributed by atoms with Crippen LogP contribution in [0.4, 0.5) is 5.69 Å². The van der Waals surface area contributed by atoms with Crippen LogP contribution < -0.4 is 15.8 Å². The zero-order chi connectivity index (χ0) is 18.3. The lowest BCUT2D eigenvalue weighted by Crippen LogP contribution is -2.33. The molecule has 0 heterocycles. The maximum absolute atomic E-state index is 12.2. The zero-order valence-electron chi connectivity index (χ0n) is 13.8. The minimum atomic E-state index is -4.18. The van der Waals surface area contributed by atoms with Gasteiger partial charge in [-0.25, -0.2) is 13.6 Å². The molecule has 10 nitrogen and oxygen atoms in total. The zero-order valence-corrected chi connectivity index (χ0v) is 15.4. The van der Waals surface area contributed by atoms with Gasteiger partial charge in [0.25, 0.3) is 11.6 Å². The molecule has 0 saturated carbocycles. The second-order valence-corrected chi connectivity index (χ2v) is 6.48. The number of amides is 1. The fraction of sp³-hybridized carbons (Fsp3) is 0.462. The van der Waals surface area contributed by atoms with Crippen molar-refractivity contribution in [3.05, 3.63) is 33.4 Å². The molecule has 142 valence electrons. The van der Waals surface area contributed by atoms with Crippen LogP contribution in [-0.2, 0) is 14.8 Å². The molecule has 0 aliphatic carbocycles. The first-order valence-corrected chi connectivity index (χ1v) is 8.52. The predicted octanol–water partition coefficient (Wildman–Crippen LogP) is -0.0618. The minimum Gasteiger partial charge on any atom is -0.383 e. The number of halogens is 1. The molecule has 0 saturated heterocycles. The summed E-state index contributed by atoms with van der Waals surface area (Å²) < 4.78 is 27.8. The van der Waals surface area contributed by atoms with Crippen LogP contribution in [0.5, 0.6) is 0 Å². The van der Waals surface area contributed by atoms with Gasteiger partial charge in [-0.3, -0.25) is 14.9 Å². The molecule has 4 N–H and O–H groups in total. The standard InChI is InChI=1S/C13H20N4O6S.ClH/c1-9-11(13(18)16-4-3-15-5-6-23-2)7-10(24(14,21)22)8-12(9)17(19)20;/h7-8,15H,3-6H2,1-2H3,(H,16,18)(H2,14,21,22);1H. The maximum Gasteiger partial charge on any atom is 0.274 e. The molecule has 0 unspecified atom stereocenters. The highest BCUT2D eigenvalue weighted by Gasteiger charge is 2.23. The van der Waals surface area contributed by atoms with Crippen LogP contribution >= 0.6 is 12.4 Å². The maximum atomic E-state index is 12.2. The average Bonchev–Trinajstić information content (AvgIpc) is 2.49. The van der Waals surface area contributed by atoms with E-state index in [-0.39, 0.29) is 30.1 Å². The van der Waals surface area contributed by atoms with Crippen molar-refractivity contribution in [2.75, 3.05) is 33.4 Å². The summed E-state index contributed by atoms with van der Waals surface area (Å²) in [6.07, 6.45) is 0. The number of methoxy groups -OCH3 is 1. The van der Waals surface area contributed by atoms with E-state index < -0.39 is 31.4 Å². The molecule has 12 heteroatoms. The lowest BCUT2D eigenvalue weighted by Gasteiger charge is -2.10. The fourth-order valence-electron chi connectivity index (χ4n) is 1.92. The van der Waals surface area contributed by atoms with Gasteiger partial charge in [0.05, 0.1) is 22.0 Å². The number of hydrogen-bond acceptors (Lipinski definition) is 7. The first-order chi connectivity index (χ1) is 11.2. The molecule has 0 bridgehead atoms. The Labute approximate surface area is 151 Å². The van der Waals surface area contributed by atoms with Gasteiger partial charge in [-0.2, -0.15) is 0 Å². The molecule has 25 heavy (non-hydrogen) atoms. The summed E-state index contributed by atoms with van der Waals surface area (Å²) in [6.45, 7) is 3.23. The van der Waals surface area contributed by atoms with Gasteiger partial charge in [0.2, 0.25) is 10.0 Å². The van der Waals surface area contributed by atoms with E-state index in [0.29, 0.717) is 19.7 Å². The van der Waals surface area contributed by atoms with E-state index in [0.717, 1.165) is 12.1 Å². The first-order valence-electron chi connectivity index (χ1n) is 6.98. The Morgan fingerprint density at radius 3 is 2.48 bits per heavy atom. The largest absolute Gasteiger partial charge is 0.383 e. The summed E-state index contributed by atoms with van der Waals surface area (Å²) in [4.78, 5) is 22.0. The van der Waals surface area contributed by atoms with Crippen molar-refractivity contribution < 1.29 is 22.9 Å². The number of benzene rings is 1. The molecular weight excluding hydrogens is 376 g/mol. The number of carbonyl (C=O) groups excluding carboxylic acids is 1. The molecule has 0 aromatic heterocycles. The predicted molar refractivity (Wildman–Crippen MR) is 93.5 cm³/mol. The quantitative estimate of drug-likeness (QED) is 0.300. The Morgan fingerprint density at radius 2 is 1.96 bits per heavy atom. The Kier molecular flexibility index (Phi) is 9.52. The summed E-state index contributed by atoms with van der Waals surface area (Å²) in [5.74, 6) is -0.616. The van der Waals surface area contributed by atoms with Crippen molar-refractivity contribution in [2.45, 2.75) is 11.8 Å². The van der Waals surface area contributed by atoms with Crippen molar-refractivity contribution in [1.82, 2.24) is 10.6 Å². The third-order valence-corrected chi connectivity index (χ3v) is 4.09. The SMILES string of the molecule is COCCNCCNC(=O)c1cc(S(N)(=O)=O)cc([N+](=O)[O-])c1C.Cl. The number of nitrogens with zero attached hydrogens (tertiary/aromatic N) is 1. The van der Waals surface area contributed by atoms with E-state index in [2.05, 4.69) is 10.6 Å². The van der Waals surface area contributed by atoms with Crippen LogP contribution in [0, 0.1) is 17.0 Å². The number of carbonyl (C=O) groups is 1. The molecule has 1 rings (SSSR count). The van der Waals surface area contributed by atoms with E-state index in [1.807, 2.05) is 0 Å². The van der Waals surface area contributed by atoms with Crippen molar-refractivity contribution in [1.29, 1.82) is 0 Å². The highest BCUT2D eigenvalue weighted by molar-refractivity contribution is 7.89. The number of rotatable bonds is 9. The summed E-state index contributed by atoms with van der Waals surface area (Å²) >= 11 is 0. The fourth-order valence-corrected chi connectivity index (χ4v) is 2.48. The number of primary sulfonamides is 1. The number of ether oxygens (including phenoxy) is 1. The number of sulfonamides is 1. The third-order valence-electron chi connectivity index (χ3n) is 3.19. The van der Waals surface area contributed by atoms with Crippen LogP contribution in [0.25, 0.3) is 0 Å². The smallest absolute Gasteiger partial charge is 0.274 e. The Hall–Kier alpha value is -1.79. The van der Waals surface area contributed by atoms with Gasteiger partial charge < -0.3 is 15.4 Å². The van der Waals surface area contributed by atoms with Crippen molar-refractivity contribution in [2.24, 2.45) is 5.14 Å². The highest BCUT2D eigenvalue weighted by atomic mass is 35.5. The van der Waals surface area contributed by atoms with E-state index in [9.17, 15) is 23.3 Å². The van der Waals surface area contributed by atoms with Crippen molar-refractivity contribution in [3.63, 3.8) is 0 Å². The molecule has 0 atom stereocenters. The van der Waals surface area contributed by atoms with Crippen molar-refractivity contribution >= 4 is 34.0 Å². The minimum absolute atomic E-state index is 0. The lowest BCUT2D eigenvalue weighted by molar-refractivity contribution is -0.385. The summed E-state index contributed by atoms with van der Waals surface area (Å²) in [5, 5.41) is 21.6. The number of nitro benzene ring substituents is 1. The number of hydrogen-bond donors (Lipinski definition) is 3. The summed E-state index contributed by atoms with van der Waals surface area (Å²) in [7, 11) is -2.61. The lowest BCUT2D eigenvalue weighted by atomic mass is 10.1. The van der Waals surface area contributed by atoms with Crippen LogP contribution in [-0.4, -0.2) is 52.6 Å². The Bertz CT molecular complexity index is 725. The van der Waals surface area contributed by atoms with E-state index in [1.165, 1.54) is 6.92 Å². The molecule has 0 aliphatic heterocycles. The van der Waals surface area contributed by atoms with Crippen LogP contribution in [0.1, 0.15) is 15.9 Å². The molecule has 0 radical (unpaired) electrons. The third kappa shape index (κ3) is 6.92. The van der Waals surface area contributed by atoms with Gasteiger partial charge in [-0.1, -0.05) is 0 Å². The van der Waals surface area contributed by atoms with Gasteiger partial charge in [0.1, 0.15) is 0 Å². The molecule has 1 amide bonds. The van der Waals surface area contributed by atoms with Crippen LogP contribution in [0.2, 0.25) is 0 Å². The molecule has 1 aromatic carbocycles. The van der Waals surface area contributed by atoms with Gasteiger partial charge in [0.15, 0.2) is 0 Å². The molecule has 0 spiro atoms. The van der Waals surface area contributed by atoms with E-state index >= 15 is 0 Å². The highest BCUT2D eigenvalue weighted by Crippen LogP contribution is 2.25. The number of nitrogens with two attached hydrogens (primary N) is 1. The van der Waals surface area contributed by atoms with Crippen LogP contribution in [0.15, 0.2) is 17.0 Å².